The Kier molecular flexibility index (Phi) is 5.96. The molecule has 0 saturated heterocycles. The average molecular weight is 361 g/mol. The first-order chi connectivity index (χ1) is 8.73. The molecular formula is C11H6Cl5NO2. The Hall–Kier alpha value is -0.450. The van der Waals surface area contributed by atoms with Gasteiger partial charge in [-0.25, -0.2) is 0 Å². The number of carbonyl (C=O) groups is 2. The highest BCUT2D eigenvalue weighted by molar-refractivity contribution is 6.79. The lowest BCUT2D eigenvalue weighted by Crippen LogP contribution is -2.22. The van der Waals surface area contributed by atoms with Crippen LogP contribution < -0.4 is 5.32 Å². The highest BCUT2D eigenvalue weighted by Crippen LogP contribution is 2.33. The van der Waals surface area contributed by atoms with E-state index in [2.05, 4.69) is 5.32 Å². The Morgan fingerprint density at radius 3 is 1.95 bits per heavy atom. The monoisotopic (exact) mass is 359 g/mol. The van der Waals surface area contributed by atoms with Gasteiger partial charge in [0, 0.05) is 5.69 Å². The van der Waals surface area contributed by atoms with E-state index < -0.39 is 25.5 Å². The van der Waals surface area contributed by atoms with E-state index in [0.717, 1.165) is 0 Å². The van der Waals surface area contributed by atoms with Crippen LogP contribution in [-0.2, 0) is 9.59 Å². The summed E-state index contributed by atoms with van der Waals surface area (Å²) in [5.41, 5.74) is 0.483. The number of allylic oxidation sites excluding steroid dienone is 1. The number of Topliss-reactive ketones (excluding diaryl/α,β-unsaturated/α-hetero) is 1. The summed E-state index contributed by atoms with van der Waals surface area (Å²) in [7, 11) is 0. The summed E-state index contributed by atoms with van der Waals surface area (Å²) in [6, 6.07) is 8.45. The van der Waals surface area contributed by atoms with Crippen LogP contribution in [0.3, 0.4) is 0 Å². The SMILES string of the molecule is O=C(Nc1ccccc1)C(Cl)=C(Cl)C(=O)C(Cl)(Cl)Cl. The standard InChI is InChI=1S/C11H6Cl5NO2/c12-7(9(18)11(14,15)16)8(13)10(19)17-6-4-2-1-3-5-6/h1-5H,(H,17,19). The fourth-order valence-electron chi connectivity index (χ4n) is 1.03. The van der Waals surface area contributed by atoms with Crippen molar-refractivity contribution in [1.82, 2.24) is 0 Å². The highest BCUT2D eigenvalue weighted by Gasteiger charge is 2.35. The van der Waals surface area contributed by atoms with Crippen LogP contribution in [0, 0.1) is 0 Å². The molecule has 0 unspecified atom stereocenters. The fraction of sp³-hybridized carbons (Fsp3) is 0.0909. The maximum Gasteiger partial charge on any atom is 0.268 e. The van der Waals surface area contributed by atoms with E-state index in [9.17, 15) is 9.59 Å². The van der Waals surface area contributed by atoms with Crippen LogP contribution in [0.25, 0.3) is 0 Å². The van der Waals surface area contributed by atoms with E-state index in [1.54, 1.807) is 30.3 Å². The van der Waals surface area contributed by atoms with Crippen LogP contribution in [0.2, 0.25) is 0 Å². The van der Waals surface area contributed by atoms with E-state index in [-0.39, 0.29) is 0 Å². The predicted octanol–water partition coefficient (Wildman–Crippen LogP) is 4.25. The molecule has 0 atom stereocenters. The van der Waals surface area contributed by atoms with Crippen molar-refractivity contribution < 1.29 is 9.59 Å². The van der Waals surface area contributed by atoms with Gasteiger partial charge in [0.05, 0.1) is 0 Å². The summed E-state index contributed by atoms with van der Waals surface area (Å²) in [5.74, 6) is -1.85. The number of anilines is 1. The van der Waals surface area contributed by atoms with Crippen LogP contribution in [-0.4, -0.2) is 15.5 Å². The van der Waals surface area contributed by atoms with Crippen molar-refractivity contribution >= 4 is 75.4 Å². The van der Waals surface area contributed by atoms with Crippen molar-refractivity contribution in [3.63, 3.8) is 0 Å². The third-order valence-corrected chi connectivity index (χ3v) is 3.21. The quantitative estimate of drug-likeness (QED) is 0.646. The maximum atomic E-state index is 11.7. The summed E-state index contributed by atoms with van der Waals surface area (Å²) in [5, 5.41) is 1.24. The van der Waals surface area contributed by atoms with Gasteiger partial charge >= 0.3 is 0 Å². The van der Waals surface area contributed by atoms with Crippen LogP contribution >= 0.6 is 58.0 Å². The number of alkyl halides is 3. The number of hydrogen-bond acceptors (Lipinski definition) is 2. The van der Waals surface area contributed by atoms with Gasteiger partial charge in [-0.2, -0.15) is 0 Å². The summed E-state index contributed by atoms with van der Waals surface area (Å²) in [6.45, 7) is 0. The number of rotatable bonds is 3. The molecule has 8 heteroatoms. The van der Waals surface area contributed by atoms with E-state index >= 15 is 0 Å². The molecule has 0 aliphatic carbocycles. The lowest BCUT2D eigenvalue weighted by molar-refractivity contribution is -0.115. The first-order valence-electron chi connectivity index (χ1n) is 4.76. The van der Waals surface area contributed by atoms with Crippen molar-refractivity contribution in [1.29, 1.82) is 0 Å². The number of amides is 1. The molecule has 0 aromatic heterocycles. The second kappa shape index (κ2) is 6.82. The molecule has 0 bridgehead atoms. The zero-order valence-corrected chi connectivity index (χ0v) is 12.9. The molecule has 0 fully saturated rings. The molecule has 1 aromatic carbocycles. The second-order valence-electron chi connectivity index (χ2n) is 3.27. The van der Waals surface area contributed by atoms with Crippen molar-refractivity contribution in [2.45, 2.75) is 3.79 Å². The van der Waals surface area contributed by atoms with Gasteiger partial charge in [0.25, 0.3) is 9.70 Å². The zero-order chi connectivity index (χ0) is 14.6. The molecule has 19 heavy (non-hydrogen) atoms. The minimum Gasteiger partial charge on any atom is -0.321 e. The fourth-order valence-corrected chi connectivity index (χ4v) is 1.82. The van der Waals surface area contributed by atoms with Gasteiger partial charge in [0.1, 0.15) is 10.1 Å². The minimum absolute atomic E-state index is 0.483. The molecule has 0 aliphatic rings. The molecule has 1 amide bonds. The van der Waals surface area contributed by atoms with Crippen molar-refractivity contribution in [2.75, 3.05) is 5.32 Å². The highest BCUT2D eigenvalue weighted by atomic mass is 35.6. The number of hydrogen-bond donors (Lipinski definition) is 1. The van der Waals surface area contributed by atoms with Crippen LogP contribution in [0.1, 0.15) is 0 Å². The summed E-state index contributed by atoms with van der Waals surface area (Å²) in [6.07, 6.45) is 0. The largest absolute Gasteiger partial charge is 0.321 e. The molecule has 1 rings (SSSR count). The lowest BCUT2D eigenvalue weighted by atomic mass is 10.3. The number of nitrogens with one attached hydrogen (secondary N) is 1. The average Bonchev–Trinajstić information content (AvgIpc) is 2.36. The van der Waals surface area contributed by atoms with Crippen molar-refractivity contribution in [2.24, 2.45) is 0 Å². The number of ketones is 1. The van der Waals surface area contributed by atoms with Crippen LogP contribution in [0.15, 0.2) is 40.4 Å². The van der Waals surface area contributed by atoms with Gasteiger partial charge in [0.15, 0.2) is 0 Å². The Labute approximate surface area is 134 Å². The van der Waals surface area contributed by atoms with Gasteiger partial charge in [-0.1, -0.05) is 76.2 Å². The van der Waals surface area contributed by atoms with Gasteiger partial charge in [-0.15, -0.1) is 0 Å². The van der Waals surface area contributed by atoms with Crippen LogP contribution in [0.5, 0.6) is 0 Å². The van der Waals surface area contributed by atoms with E-state index in [0.29, 0.717) is 5.69 Å². The third kappa shape index (κ3) is 4.86. The Balaban J connectivity index is 2.90. The van der Waals surface area contributed by atoms with Crippen molar-refractivity contribution in [3.8, 4) is 0 Å². The summed E-state index contributed by atoms with van der Waals surface area (Å²) >= 11 is 27.4. The Morgan fingerprint density at radius 2 is 1.47 bits per heavy atom. The number of para-hydroxylation sites is 1. The summed E-state index contributed by atoms with van der Waals surface area (Å²) < 4.78 is -2.27. The molecule has 0 radical (unpaired) electrons. The number of benzene rings is 1. The minimum atomic E-state index is -2.27. The Bertz CT molecular complexity index is 522. The third-order valence-electron chi connectivity index (χ3n) is 1.88. The van der Waals surface area contributed by atoms with Crippen LogP contribution in [0.4, 0.5) is 5.69 Å². The van der Waals surface area contributed by atoms with E-state index in [1.165, 1.54) is 0 Å². The van der Waals surface area contributed by atoms with E-state index in [4.69, 9.17) is 58.0 Å². The molecule has 0 saturated carbocycles. The normalized spacial score (nSPS) is 12.7. The van der Waals surface area contributed by atoms with Gasteiger partial charge in [0.2, 0.25) is 5.78 Å². The van der Waals surface area contributed by atoms with Gasteiger partial charge in [-0.3, -0.25) is 9.59 Å². The predicted molar refractivity (Wildman–Crippen MR) is 79.1 cm³/mol. The first-order valence-corrected chi connectivity index (χ1v) is 6.65. The molecule has 0 aliphatic heterocycles. The Morgan fingerprint density at radius 1 is 0.947 bits per heavy atom. The van der Waals surface area contributed by atoms with Gasteiger partial charge in [-0.05, 0) is 12.1 Å². The first kappa shape index (κ1) is 16.6. The smallest absolute Gasteiger partial charge is 0.268 e. The summed E-state index contributed by atoms with van der Waals surface area (Å²) in [4.78, 5) is 23.2. The molecule has 1 N–H and O–H groups in total. The molecule has 3 nitrogen and oxygen atoms in total. The lowest BCUT2D eigenvalue weighted by Gasteiger charge is -2.10. The molecule has 102 valence electrons. The molecule has 0 spiro atoms. The maximum absolute atomic E-state index is 11.7. The van der Waals surface area contributed by atoms with Gasteiger partial charge < -0.3 is 5.32 Å². The zero-order valence-electron chi connectivity index (χ0n) is 9.09. The second-order valence-corrected chi connectivity index (χ2v) is 6.31. The molecule has 1 aromatic rings. The van der Waals surface area contributed by atoms with E-state index in [1.807, 2.05) is 0 Å². The topological polar surface area (TPSA) is 46.2 Å². The van der Waals surface area contributed by atoms with Crippen molar-refractivity contribution in [3.05, 3.63) is 40.4 Å². The number of halogens is 5. The molecular weight excluding hydrogens is 355 g/mol. The molecule has 0 heterocycles. The number of carbonyl (C=O) groups excluding carboxylic acids is 2.